The molecule has 0 N–H and O–H groups in total. The lowest BCUT2D eigenvalue weighted by Gasteiger charge is -2.34. The molecule has 0 atom stereocenters. The van der Waals surface area contributed by atoms with E-state index in [1.165, 1.54) is 12.1 Å². The Morgan fingerprint density at radius 1 is 1.09 bits per heavy atom. The van der Waals surface area contributed by atoms with Gasteiger partial charge in [0.2, 0.25) is 0 Å². The number of fused-ring (bicyclic) bond motifs is 3. The van der Waals surface area contributed by atoms with E-state index < -0.39 is 4.92 Å². The highest BCUT2D eigenvalue weighted by atomic mass is 16.6. The summed E-state index contributed by atoms with van der Waals surface area (Å²) in [4.78, 5) is 22.0. The third-order valence-corrected chi connectivity index (χ3v) is 4.03. The van der Waals surface area contributed by atoms with Crippen LogP contribution in [0.15, 0.2) is 58.5 Å². The number of anilines is 1. The van der Waals surface area contributed by atoms with Gasteiger partial charge in [0.25, 0.3) is 5.69 Å². The van der Waals surface area contributed by atoms with E-state index in [-0.39, 0.29) is 5.69 Å². The number of rotatable bonds is 2. The van der Waals surface area contributed by atoms with E-state index in [2.05, 4.69) is 9.89 Å². The molecule has 114 valence electrons. The van der Waals surface area contributed by atoms with Crippen molar-refractivity contribution >= 4 is 28.6 Å². The predicted molar refractivity (Wildman–Crippen MR) is 90.0 cm³/mol. The lowest BCUT2D eigenvalue weighted by Crippen LogP contribution is -2.43. The topological polar surface area (TPSA) is 71.1 Å². The summed E-state index contributed by atoms with van der Waals surface area (Å²) in [6.45, 7) is 1.68. The molecule has 2 aromatic carbocycles. The van der Waals surface area contributed by atoms with Gasteiger partial charge < -0.3 is 4.90 Å². The Labute approximate surface area is 133 Å². The van der Waals surface area contributed by atoms with Gasteiger partial charge in [-0.1, -0.05) is 12.1 Å². The lowest BCUT2D eigenvalue weighted by atomic mass is 10.0. The number of para-hydroxylation sites is 2. The van der Waals surface area contributed by atoms with Crippen molar-refractivity contribution in [2.24, 2.45) is 9.98 Å². The molecule has 0 aromatic heterocycles. The fourth-order valence-electron chi connectivity index (χ4n) is 2.93. The first-order valence-corrected chi connectivity index (χ1v) is 7.49. The first kappa shape index (κ1) is 13.6. The Balaban J connectivity index is 1.85. The number of benzene rings is 2. The first-order chi connectivity index (χ1) is 11.2. The van der Waals surface area contributed by atoms with Gasteiger partial charge in [-0.3, -0.25) is 15.1 Å². The molecule has 0 spiro atoms. The van der Waals surface area contributed by atoms with Gasteiger partial charge in [0.1, 0.15) is 5.71 Å². The third kappa shape index (κ3) is 2.28. The molecule has 0 radical (unpaired) electrons. The molecule has 4 rings (SSSR count). The number of amidine groups is 1. The summed E-state index contributed by atoms with van der Waals surface area (Å²) < 4.78 is 0. The number of nitrogens with zero attached hydrogens (tertiary/aromatic N) is 4. The summed E-state index contributed by atoms with van der Waals surface area (Å²) in [5.74, 6) is 0.851. The molecule has 0 aliphatic carbocycles. The van der Waals surface area contributed by atoms with Crippen molar-refractivity contribution in [3.05, 3.63) is 64.2 Å². The maximum atomic E-state index is 10.8. The van der Waals surface area contributed by atoms with Crippen molar-refractivity contribution in [2.75, 3.05) is 18.0 Å². The van der Waals surface area contributed by atoms with Crippen LogP contribution in [-0.2, 0) is 0 Å². The van der Waals surface area contributed by atoms with Crippen molar-refractivity contribution in [3.8, 4) is 0 Å². The van der Waals surface area contributed by atoms with Gasteiger partial charge in [-0.25, -0.2) is 4.99 Å². The number of non-ortho nitro benzene ring substituents is 1. The predicted octanol–water partition coefficient (Wildman–Crippen LogP) is 3.34. The highest BCUT2D eigenvalue weighted by molar-refractivity contribution is 6.53. The Hall–Kier alpha value is -3.02. The molecule has 0 fully saturated rings. The van der Waals surface area contributed by atoms with Gasteiger partial charge in [-0.05, 0) is 30.7 Å². The number of hydrogen-bond donors (Lipinski definition) is 0. The Bertz CT molecular complexity index is 840. The fourth-order valence-corrected chi connectivity index (χ4v) is 2.93. The molecule has 2 heterocycles. The van der Waals surface area contributed by atoms with Gasteiger partial charge in [0.15, 0.2) is 5.84 Å². The molecular weight excluding hydrogens is 292 g/mol. The molecule has 6 nitrogen and oxygen atoms in total. The second-order valence-electron chi connectivity index (χ2n) is 5.46. The van der Waals surface area contributed by atoms with E-state index in [0.29, 0.717) is 0 Å². The lowest BCUT2D eigenvalue weighted by molar-refractivity contribution is -0.384. The standard InChI is InChI=1S/C17H14N4O2/c22-21(23)13-8-6-12(7-9-13)16-17-18-10-3-11-20(17)15-5-2-1-4-14(15)19-16/h1-2,4-9H,3,10-11H2. The number of aliphatic imine (C=N–C) groups is 2. The van der Waals surface area contributed by atoms with Crippen LogP contribution < -0.4 is 4.90 Å². The average Bonchev–Trinajstić information content (AvgIpc) is 2.61. The van der Waals surface area contributed by atoms with E-state index >= 15 is 0 Å². The van der Waals surface area contributed by atoms with Crippen molar-refractivity contribution < 1.29 is 4.92 Å². The summed E-state index contributed by atoms with van der Waals surface area (Å²) in [5.41, 5.74) is 3.67. The molecule has 23 heavy (non-hydrogen) atoms. The van der Waals surface area contributed by atoms with Gasteiger partial charge in [-0.2, -0.15) is 0 Å². The molecule has 0 bridgehead atoms. The van der Waals surface area contributed by atoms with Crippen LogP contribution in [0.2, 0.25) is 0 Å². The van der Waals surface area contributed by atoms with Crippen LogP contribution in [0, 0.1) is 10.1 Å². The van der Waals surface area contributed by atoms with E-state index in [0.717, 1.165) is 48.0 Å². The Morgan fingerprint density at radius 3 is 2.65 bits per heavy atom. The minimum Gasteiger partial charge on any atom is -0.323 e. The molecule has 2 aliphatic heterocycles. The molecule has 0 unspecified atom stereocenters. The van der Waals surface area contributed by atoms with Crippen LogP contribution in [0.4, 0.5) is 17.1 Å². The number of hydrogen-bond acceptors (Lipinski definition) is 5. The van der Waals surface area contributed by atoms with E-state index in [9.17, 15) is 10.1 Å². The molecular formula is C17H14N4O2. The normalized spacial score (nSPS) is 16.1. The Kier molecular flexibility index (Phi) is 3.15. The van der Waals surface area contributed by atoms with Crippen LogP contribution in [-0.4, -0.2) is 29.6 Å². The monoisotopic (exact) mass is 306 g/mol. The van der Waals surface area contributed by atoms with Gasteiger partial charge in [0.05, 0.1) is 16.3 Å². The van der Waals surface area contributed by atoms with Crippen molar-refractivity contribution in [2.45, 2.75) is 6.42 Å². The highest BCUT2D eigenvalue weighted by Gasteiger charge is 2.28. The van der Waals surface area contributed by atoms with E-state index in [1.807, 2.05) is 24.3 Å². The maximum absolute atomic E-state index is 10.8. The molecule has 0 saturated heterocycles. The second kappa shape index (κ2) is 5.31. The second-order valence-corrected chi connectivity index (χ2v) is 5.46. The van der Waals surface area contributed by atoms with E-state index in [1.54, 1.807) is 12.1 Å². The Morgan fingerprint density at radius 2 is 1.87 bits per heavy atom. The third-order valence-electron chi connectivity index (χ3n) is 4.03. The molecule has 6 heteroatoms. The number of nitro benzene ring substituents is 1. The van der Waals surface area contributed by atoms with Crippen molar-refractivity contribution in [3.63, 3.8) is 0 Å². The zero-order valence-electron chi connectivity index (χ0n) is 12.3. The largest absolute Gasteiger partial charge is 0.323 e. The zero-order valence-corrected chi connectivity index (χ0v) is 12.3. The quantitative estimate of drug-likeness (QED) is 0.631. The van der Waals surface area contributed by atoms with Crippen LogP contribution in [0.1, 0.15) is 12.0 Å². The SMILES string of the molecule is O=[N+]([O-])c1ccc(C2=Nc3ccccc3N3CCCN=C23)cc1. The van der Waals surface area contributed by atoms with Gasteiger partial charge in [-0.15, -0.1) is 0 Å². The van der Waals surface area contributed by atoms with Gasteiger partial charge in [0, 0.05) is 30.8 Å². The zero-order chi connectivity index (χ0) is 15.8. The summed E-state index contributed by atoms with van der Waals surface area (Å²) >= 11 is 0. The average molecular weight is 306 g/mol. The molecule has 2 aromatic rings. The summed E-state index contributed by atoms with van der Waals surface area (Å²) in [5, 5.41) is 10.8. The fraction of sp³-hybridized carbons (Fsp3) is 0.176. The highest BCUT2D eigenvalue weighted by Crippen LogP contribution is 2.35. The molecule has 0 saturated carbocycles. The van der Waals surface area contributed by atoms with Gasteiger partial charge >= 0.3 is 0 Å². The van der Waals surface area contributed by atoms with Crippen LogP contribution >= 0.6 is 0 Å². The first-order valence-electron chi connectivity index (χ1n) is 7.49. The maximum Gasteiger partial charge on any atom is 0.269 e. The molecule has 2 aliphatic rings. The van der Waals surface area contributed by atoms with Crippen LogP contribution in [0.25, 0.3) is 0 Å². The smallest absolute Gasteiger partial charge is 0.269 e. The molecule has 0 amide bonds. The van der Waals surface area contributed by atoms with Crippen molar-refractivity contribution in [1.29, 1.82) is 0 Å². The summed E-state index contributed by atoms with van der Waals surface area (Å²) in [7, 11) is 0. The summed E-state index contributed by atoms with van der Waals surface area (Å²) in [6, 6.07) is 14.5. The minimum atomic E-state index is -0.397. The minimum absolute atomic E-state index is 0.0769. The van der Waals surface area contributed by atoms with Crippen LogP contribution in [0.3, 0.4) is 0 Å². The van der Waals surface area contributed by atoms with Crippen molar-refractivity contribution in [1.82, 2.24) is 0 Å². The van der Waals surface area contributed by atoms with E-state index in [4.69, 9.17) is 4.99 Å². The van der Waals surface area contributed by atoms with Crippen LogP contribution in [0.5, 0.6) is 0 Å². The number of nitro groups is 1. The summed E-state index contributed by atoms with van der Waals surface area (Å²) in [6.07, 6.45) is 1.01.